The number of imidazole rings is 1. The van der Waals surface area contributed by atoms with E-state index in [2.05, 4.69) is 28.1 Å². The first-order valence-corrected chi connectivity index (χ1v) is 12.2. The van der Waals surface area contributed by atoms with Crippen LogP contribution in [0.2, 0.25) is 0 Å². The number of aliphatic hydroxyl groups excluding tert-OH is 1. The Morgan fingerprint density at radius 2 is 1.76 bits per heavy atom. The SMILES string of the molecule is Nc1ncnc2c1ncn2C1CC(O)C(COP(=O)([O-])OP(=O)([O-])OP(=O)([O-])O)O1.[Na+].[Na+].[Na+]. The van der Waals surface area contributed by atoms with E-state index in [1.54, 1.807) is 0 Å². The van der Waals surface area contributed by atoms with Crippen LogP contribution < -0.4 is 109 Å². The van der Waals surface area contributed by atoms with Crippen molar-refractivity contribution in [3.05, 3.63) is 12.7 Å². The maximum Gasteiger partial charge on any atom is 1.00 e. The van der Waals surface area contributed by atoms with Crippen LogP contribution in [0.25, 0.3) is 11.2 Å². The number of nitrogens with two attached hydrogens (primary N) is 1. The van der Waals surface area contributed by atoms with Crippen LogP contribution in [-0.2, 0) is 31.6 Å². The molecule has 3 rings (SSSR count). The van der Waals surface area contributed by atoms with Gasteiger partial charge in [0.2, 0.25) is 0 Å². The van der Waals surface area contributed by atoms with E-state index in [-0.39, 0.29) is 112 Å². The van der Waals surface area contributed by atoms with Crippen molar-refractivity contribution in [1.82, 2.24) is 19.5 Å². The van der Waals surface area contributed by atoms with E-state index in [1.807, 2.05) is 0 Å². The number of phosphoric acid groups is 3. The molecule has 33 heavy (non-hydrogen) atoms. The number of nitrogen functional groups attached to an aromatic ring is 1. The van der Waals surface area contributed by atoms with Crippen molar-refractivity contribution in [2.75, 3.05) is 12.3 Å². The fourth-order valence-corrected chi connectivity index (χ4v) is 5.47. The quantitative estimate of drug-likeness (QED) is 0.201. The van der Waals surface area contributed by atoms with Gasteiger partial charge in [0.05, 0.1) is 19.0 Å². The Labute approximate surface area is 252 Å². The van der Waals surface area contributed by atoms with Crippen LogP contribution in [0.1, 0.15) is 12.6 Å². The second kappa shape index (κ2) is 13.5. The summed E-state index contributed by atoms with van der Waals surface area (Å²) in [7, 11) is -17.5. The topological polar surface area (TPSA) is 267 Å². The predicted molar refractivity (Wildman–Crippen MR) is 87.4 cm³/mol. The minimum atomic E-state index is -6.01. The van der Waals surface area contributed by atoms with Crippen molar-refractivity contribution in [2.24, 2.45) is 0 Å². The van der Waals surface area contributed by atoms with Gasteiger partial charge in [0.15, 0.2) is 11.5 Å². The third-order valence-electron chi connectivity index (χ3n) is 3.70. The van der Waals surface area contributed by atoms with E-state index in [0.29, 0.717) is 0 Å². The van der Waals surface area contributed by atoms with Crippen molar-refractivity contribution >= 4 is 40.4 Å². The molecule has 4 N–H and O–H groups in total. The summed E-state index contributed by atoms with van der Waals surface area (Å²) in [6.07, 6.45) is -0.897. The van der Waals surface area contributed by atoms with Crippen LogP contribution >= 0.6 is 23.5 Å². The molecule has 1 aliphatic rings. The van der Waals surface area contributed by atoms with E-state index >= 15 is 0 Å². The molecule has 3 heterocycles. The number of rotatable bonds is 8. The van der Waals surface area contributed by atoms with Gasteiger partial charge < -0.3 is 39.7 Å². The average molecular weight is 557 g/mol. The normalized spacial score (nSPS) is 25.5. The summed E-state index contributed by atoms with van der Waals surface area (Å²) < 4.78 is 51.0. The zero-order valence-corrected chi connectivity index (χ0v) is 26.2. The third kappa shape index (κ3) is 9.82. The average Bonchev–Trinajstić information content (AvgIpc) is 3.14. The summed E-state index contributed by atoms with van der Waals surface area (Å²) in [4.78, 5) is 53.3. The summed E-state index contributed by atoms with van der Waals surface area (Å²) in [5.74, 6) is 0.108. The van der Waals surface area contributed by atoms with E-state index in [9.17, 15) is 33.5 Å². The first-order valence-electron chi connectivity index (χ1n) is 7.76. The third-order valence-corrected chi connectivity index (χ3v) is 7.39. The number of nitrogens with zero attached hydrogens (tertiary/aromatic N) is 4. The largest absolute Gasteiger partial charge is 1.00 e. The molecule has 6 atom stereocenters. The Morgan fingerprint density at radius 3 is 2.36 bits per heavy atom. The fourth-order valence-electron chi connectivity index (χ4n) is 2.57. The van der Waals surface area contributed by atoms with Crippen LogP contribution in [0.4, 0.5) is 5.82 Å². The molecule has 2 aromatic heterocycles. The Bertz CT molecular complexity index is 1090. The van der Waals surface area contributed by atoms with Gasteiger partial charge in [0.1, 0.15) is 24.2 Å². The smallest absolute Gasteiger partial charge is 0.756 e. The Hall–Kier alpha value is 1.68. The van der Waals surface area contributed by atoms with Crippen molar-refractivity contribution in [3.63, 3.8) is 0 Å². The molecular weight excluding hydrogens is 544 g/mol. The van der Waals surface area contributed by atoms with Crippen molar-refractivity contribution in [3.8, 4) is 0 Å². The van der Waals surface area contributed by atoms with Crippen molar-refractivity contribution in [1.29, 1.82) is 0 Å². The van der Waals surface area contributed by atoms with Crippen LogP contribution in [0.5, 0.6) is 0 Å². The second-order valence-corrected chi connectivity index (χ2v) is 10.1. The van der Waals surface area contributed by atoms with E-state index in [1.165, 1.54) is 17.2 Å². The molecule has 1 aliphatic heterocycles. The first-order chi connectivity index (χ1) is 13.8. The molecule has 6 unspecified atom stereocenters. The maximum atomic E-state index is 11.6. The van der Waals surface area contributed by atoms with Gasteiger partial charge in [-0.3, -0.25) is 18.3 Å². The standard InChI is InChI=1S/C10H16N5O12P3.3Na/c11-9-8-10(13-3-12-9)15(4-14-8)7-1-5(16)6(25-7)2-24-29(20,21)27-30(22,23)26-28(17,18)19;;;/h3-7,16H,1-2H2,(H,20,21)(H,22,23)(H2,11,12,13)(H2,17,18,19);;;/q;3*+1/p-3. The monoisotopic (exact) mass is 557 g/mol. The summed E-state index contributed by atoms with van der Waals surface area (Å²) in [5.41, 5.74) is 6.24. The van der Waals surface area contributed by atoms with Crippen LogP contribution in [0.3, 0.4) is 0 Å². The molecule has 168 valence electrons. The molecule has 0 aliphatic carbocycles. The van der Waals surface area contributed by atoms with E-state index in [4.69, 9.17) is 15.4 Å². The van der Waals surface area contributed by atoms with Gasteiger partial charge >= 0.3 is 88.7 Å². The van der Waals surface area contributed by atoms with Gasteiger partial charge in [0.25, 0.3) is 23.5 Å². The van der Waals surface area contributed by atoms with Gasteiger partial charge in [-0.25, -0.2) is 23.6 Å². The van der Waals surface area contributed by atoms with Crippen LogP contribution in [0, 0.1) is 0 Å². The van der Waals surface area contributed by atoms with Gasteiger partial charge in [0, 0.05) is 6.42 Å². The number of aliphatic hydroxyl groups is 1. The number of fused-ring (bicyclic) bond motifs is 1. The minimum Gasteiger partial charge on any atom is -0.756 e. The fraction of sp³-hybridized carbons (Fsp3) is 0.500. The molecule has 0 spiro atoms. The molecule has 0 bridgehead atoms. The molecule has 0 saturated carbocycles. The minimum absolute atomic E-state index is 0. The number of ether oxygens (including phenoxy) is 1. The van der Waals surface area contributed by atoms with E-state index in [0.717, 1.165) is 0 Å². The maximum absolute atomic E-state index is 11.6. The molecule has 0 amide bonds. The number of hydrogen-bond acceptors (Lipinski definition) is 15. The molecule has 0 aromatic carbocycles. The van der Waals surface area contributed by atoms with Gasteiger partial charge in [-0.2, -0.15) is 0 Å². The predicted octanol–water partition coefficient (Wildman–Crippen LogP) is -11.5. The van der Waals surface area contributed by atoms with Crippen molar-refractivity contribution in [2.45, 2.75) is 24.9 Å². The van der Waals surface area contributed by atoms with Crippen molar-refractivity contribution < 1.29 is 145 Å². The molecule has 1 saturated heterocycles. The first kappa shape index (κ1) is 34.7. The summed E-state index contributed by atoms with van der Waals surface area (Å²) in [6, 6.07) is 0. The van der Waals surface area contributed by atoms with Gasteiger partial charge in [-0.15, -0.1) is 0 Å². The Balaban J connectivity index is 0.00000341. The zero-order chi connectivity index (χ0) is 22.3. The molecule has 23 heteroatoms. The molecule has 1 fully saturated rings. The molecular formula is C10H13N5Na3O12P3. The summed E-state index contributed by atoms with van der Waals surface area (Å²) >= 11 is 0. The number of phosphoric ester groups is 1. The number of aromatic nitrogens is 4. The zero-order valence-electron chi connectivity index (χ0n) is 17.5. The Kier molecular flexibility index (Phi) is 14.2. The molecule has 2 aromatic rings. The summed E-state index contributed by atoms with van der Waals surface area (Å²) in [6.45, 7) is -0.893. The summed E-state index contributed by atoms with van der Waals surface area (Å²) in [5, 5.41) is 10.1. The van der Waals surface area contributed by atoms with Crippen LogP contribution in [-0.4, -0.2) is 48.3 Å². The second-order valence-electron chi connectivity index (χ2n) is 5.84. The Morgan fingerprint density at radius 1 is 1.12 bits per heavy atom. The molecule has 17 nitrogen and oxygen atoms in total. The van der Waals surface area contributed by atoms with Crippen LogP contribution in [0.15, 0.2) is 12.7 Å². The van der Waals surface area contributed by atoms with Gasteiger partial charge in [-0.1, -0.05) is 0 Å². The molecule has 0 radical (unpaired) electrons. The van der Waals surface area contributed by atoms with E-state index < -0.39 is 48.5 Å². The number of hydrogen-bond donors (Lipinski definition) is 3. The van der Waals surface area contributed by atoms with Gasteiger partial charge in [-0.05, 0) is 0 Å². The number of anilines is 1.